The van der Waals surface area contributed by atoms with Crippen molar-refractivity contribution in [3.05, 3.63) is 0 Å². The summed E-state index contributed by atoms with van der Waals surface area (Å²) in [4.78, 5) is 13.1. The molecule has 2 fully saturated rings. The second-order valence-electron chi connectivity index (χ2n) is 5.52. The monoisotopic (exact) mass is 247 g/mol. The van der Waals surface area contributed by atoms with Crippen LogP contribution in [0.1, 0.15) is 13.8 Å². The summed E-state index contributed by atoms with van der Waals surface area (Å²) < 4.78 is 27.1. The van der Waals surface area contributed by atoms with Crippen molar-refractivity contribution in [3.8, 4) is 0 Å². The van der Waals surface area contributed by atoms with Gasteiger partial charge in [0.05, 0.1) is 12.0 Å². The van der Waals surface area contributed by atoms with E-state index in [4.69, 9.17) is 0 Å². The highest BCUT2D eigenvalue weighted by molar-refractivity contribution is 5.75. The number of nitrogens with zero attached hydrogens (tertiary/aromatic N) is 1. The predicted octanol–water partition coefficient (Wildman–Crippen LogP) is 0.892. The lowest BCUT2D eigenvalue weighted by Gasteiger charge is -2.49. The standard InChI is InChI=1S/C11H19F2N3O/c1-8(2)3-15-9(17)16-6-10(7-16)4-14-5-11(10,12)13/h8,14H,3-7H2,1-2H3,(H,15,17). The molecule has 0 aromatic rings. The molecule has 0 radical (unpaired) electrons. The molecule has 2 N–H and O–H groups in total. The van der Waals surface area contributed by atoms with Crippen LogP contribution in [-0.2, 0) is 0 Å². The van der Waals surface area contributed by atoms with Crippen molar-refractivity contribution in [2.75, 3.05) is 32.7 Å². The van der Waals surface area contributed by atoms with Gasteiger partial charge >= 0.3 is 6.03 Å². The Morgan fingerprint density at radius 2 is 2.06 bits per heavy atom. The first-order valence-electron chi connectivity index (χ1n) is 5.98. The van der Waals surface area contributed by atoms with E-state index >= 15 is 0 Å². The van der Waals surface area contributed by atoms with Crippen molar-refractivity contribution in [3.63, 3.8) is 0 Å². The van der Waals surface area contributed by atoms with Crippen LogP contribution in [0.25, 0.3) is 0 Å². The summed E-state index contributed by atoms with van der Waals surface area (Å²) in [5, 5.41) is 5.45. The SMILES string of the molecule is CC(C)CNC(=O)N1CC2(CNCC2(F)F)C1. The number of nitrogens with one attached hydrogen (secondary N) is 2. The van der Waals surface area contributed by atoms with E-state index in [-0.39, 0.29) is 25.7 Å². The molecular weight excluding hydrogens is 228 g/mol. The largest absolute Gasteiger partial charge is 0.338 e. The topological polar surface area (TPSA) is 44.4 Å². The molecule has 2 heterocycles. The lowest BCUT2D eigenvalue weighted by molar-refractivity contribution is -0.142. The molecule has 2 aliphatic rings. The fourth-order valence-electron chi connectivity index (χ4n) is 2.35. The average molecular weight is 247 g/mol. The number of likely N-dealkylation sites (tertiary alicyclic amines) is 1. The Kier molecular flexibility index (Phi) is 3.01. The summed E-state index contributed by atoms with van der Waals surface area (Å²) in [5.74, 6) is -2.33. The van der Waals surface area contributed by atoms with E-state index in [9.17, 15) is 13.6 Å². The van der Waals surface area contributed by atoms with Gasteiger partial charge in [-0.15, -0.1) is 0 Å². The molecule has 17 heavy (non-hydrogen) atoms. The van der Waals surface area contributed by atoms with E-state index in [0.717, 1.165) is 0 Å². The van der Waals surface area contributed by atoms with Gasteiger partial charge in [0, 0.05) is 26.2 Å². The van der Waals surface area contributed by atoms with Gasteiger partial charge in [-0.05, 0) is 5.92 Å². The quantitative estimate of drug-likeness (QED) is 0.761. The van der Waals surface area contributed by atoms with Gasteiger partial charge in [-0.1, -0.05) is 13.8 Å². The summed E-state index contributed by atoms with van der Waals surface area (Å²) in [6.07, 6.45) is 0. The first kappa shape index (κ1) is 12.5. The molecule has 0 unspecified atom stereocenters. The number of hydrogen-bond acceptors (Lipinski definition) is 2. The van der Waals surface area contributed by atoms with Crippen LogP contribution in [0.4, 0.5) is 13.6 Å². The van der Waals surface area contributed by atoms with Gasteiger partial charge in [-0.25, -0.2) is 13.6 Å². The molecule has 2 amide bonds. The van der Waals surface area contributed by atoms with Gasteiger partial charge < -0.3 is 15.5 Å². The van der Waals surface area contributed by atoms with Crippen molar-refractivity contribution in [1.82, 2.24) is 15.5 Å². The molecule has 6 heteroatoms. The van der Waals surface area contributed by atoms with E-state index in [1.165, 1.54) is 4.90 Å². The van der Waals surface area contributed by atoms with Crippen LogP contribution in [0.2, 0.25) is 0 Å². The van der Waals surface area contributed by atoms with Crippen molar-refractivity contribution >= 4 is 6.03 Å². The molecule has 4 nitrogen and oxygen atoms in total. The molecule has 0 aromatic carbocycles. The van der Waals surface area contributed by atoms with Crippen LogP contribution in [0.3, 0.4) is 0 Å². The van der Waals surface area contributed by atoms with Gasteiger partial charge in [0.2, 0.25) is 0 Å². The number of halogens is 2. The first-order chi connectivity index (χ1) is 7.86. The van der Waals surface area contributed by atoms with E-state index in [1.54, 1.807) is 0 Å². The maximum Gasteiger partial charge on any atom is 0.317 e. The Bertz CT molecular complexity index is 314. The van der Waals surface area contributed by atoms with Gasteiger partial charge in [-0.3, -0.25) is 0 Å². The van der Waals surface area contributed by atoms with E-state index in [1.807, 2.05) is 13.8 Å². The van der Waals surface area contributed by atoms with E-state index in [0.29, 0.717) is 19.0 Å². The van der Waals surface area contributed by atoms with Crippen LogP contribution in [0.15, 0.2) is 0 Å². The smallest absolute Gasteiger partial charge is 0.317 e. The molecule has 0 aromatic heterocycles. The first-order valence-corrected chi connectivity index (χ1v) is 5.98. The predicted molar refractivity (Wildman–Crippen MR) is 60.1 cm³/mol. The fraction of sp³-hybridized carbons (Fsp3) is 0.909. The highest BCUT2D eigenvalue weighted by Crippen LogP contribution is 2.46. The normalized spacial score (nSPS) is 25.1. The Balaban J connectivity index is 1.84. The van der Waals surface area contributed by atoms with Crippen molar-refractivity contribution in [1.29, 1.82) is 0 Å². The summed E-state index contributed by atoms with van der Waals surface area (Å²) in [6.45, 7) is 4.90. The molecule has 0 atom stereocenters. The van der Waals surface area contributed by atoms with Crippen molar-refractivity contribution in [2.45, 2.75) is 19.8 Å². The Labute approximate surface area is 99.7 Å². The highest BCUT2D eigenvalue weighted by atomic mass is 19.3. The molecule has 0 saturated carbocycles. The van der Waals surface area contributed by atoms with Gasteiger partial charge in [0.15, 0.2) is 0 Å². The van der Waals surface area contributed by atoms with Crippen molar-refractivity contribution in [2.24, 2.45) is 11.3 Å². The van der Waals surface area contributed by atoms with Crippen LogP contribution in [-0.4, -0.2) is 49.6 Å². The number of carbonyl (C=O) groups excluding carboxylic acids is 1. The summed E-state index contributed by atoms with van der Waals surface area (Å²) in [7, 11) is 0. The zero-order valence-electron chi connectivity index (χ0n) is 10.2. The molecular formula is C11H19F2N3O. The number of carbonyl (C=O) groups is 1. The van der Waals surface area contributed by atoms with Crippen LogP contribution in [0, 0.1) is 11.3 Å². The number of hydrogen-bond donors (Lipinski definition) is 2. The molecule has 2 saturated heterocycles. The number of urea groups is 1. The Morgan fingerprint density at radius 3 is 2.53 bits per heavy atom. The van der Waals surface area contributed by atoms with Crippen molar-refractivity contribution < 1.29 is 13.6 Å². The van der Waals surface area contributed by atoms with E-state index < -0.39 is 11.3 Å². The highest BCUT2D eigenvalue weighted by Gasteiger charge is 2.64. The molecule has 0 bridgehead atoms. The third kappa shape index (κ3) is 2.10. The number of amides is 2. The summed E-state index contributed by atoms with van der Waals surface area (Å²) >= 11 is 0. The fourth-order valence-corrected chi connectivity index (χ4v) is 2.35. The Hall–Kier alpha value is -0.910. The second kappa shape index (κ2) is 4.08. The number of alkyl halides is 2. The molecule has 2 rings (SSSR count). The molecule has 0 aliphatic carbocycles. The van der Waals surface area contributed by atoms with Crippen LogP contribution < -0.4 is 10.6 Å². The molecule has 1 spiro atoms. The summed E-state index contributed by atoms with van der Waals surface area (Å²) in [5.41, 5.74) is -1.03. The summed E-state index contributed by atoms with van der Waals surface area (Å²) in [6, 6.07) is -0.230. The maximum absolute atomic E-state index is 13.6. The third-order valence-corrected chi connectivity index (χ3v) is 3.52. The average Bonchev–Trinajstić information content (AvgIpc) is 2.47. The van der Waals surface area contributed by atoms with Gasteiger partial charge in [0.25, 0.3) is 5.92 Å². The minimum atomic E-state index is -2.69. The zero-order valence-corrected chi connectivity index (χ0v) is 10.2. The minimum absolute atomic E-state index is 0.150. The Morgan fingerprint density at radius 1 is 1.41 bits per heavy atom. The zero-order chi connectivity index (χ0) is 12.7. The molecule has 2 aliphatic heterocycles. The maximum atomic E-state index is 13.6. The lowest BCUT2D eigenvalue weighted by atomic mass is 9.76. The second-order valence-corrected chi connectivity index (χ2v) is 5.52. The van der Waals surface area contributed by atoms with E-state index in [2.05, 4.69) is 10.6 Å². The van der Waals surface area contributed by atoms with Gasteiger partial charge in [0.1, 0.15) is 0 Å². The molecule has 98 valence electrons. The minimum Gasteiger partial charge on any atom is -0.338 e. The van der Waals surface area contributed by atoms with Gasteiger partial charge in [-0.2, -0.15) is 0 Å². The number of rotatable bonds is 2. The van der Waals surface area contributed by atoms with Crippen LogP contribution in [0.5, 0.6) is 0 Å². The lowest BCUT2D eigenvalue weighted by Crippen LogP contribution is -2.67. The van der Waals surface area contributed by atoms with Crippen LogP contribution >= 0.6 is 0 Å². The third-order valence-electron chi connectivity index (χ3n) is 3.52.